The first kappa shape index (κ1) is 22.9. The average Bonchev–Trinajstić information content (AvgIpc) is 2.78. The van der Waals surface area contributed by atoms with Crippen LogP contribution in [0.5, 0.6) is 0 Å². The van der Waals surface area contributed by atoms with Crippen LogP contribution in [0.4, 0.5) is 5.69 Å². The van der Waals surface area contributed by atoms with Gasteiger partial charge in [0.1, 0.15) is 4.90 Å². The van der Waals surface area contributed by atoms with Gasteiger partial charge >= 0.3 is 5.97 Å². The van der Waals surface area contributed by atoms with Crippen molar-refractivity contribution in [3.05, 3.63) is 54.4 Å². The SMILES string of the molecule is CC(C)c1ccc(NC(=O)COC(=O)C2CCN(S(=O)(=O)c3cccnc3)CC2)cc1. The molecule has 0 spiro atoms. The molecule has 2 heterocycles. The number of nitrogens with one attached hydrogen (secondary N) is 1. The number of piperidine rings is 1. The summed E-state index contributed by atoms with van der Waals surface area (Å²) in [5.74, 6) is -0.930. The van der Waals surface area contributed by atoms with Crippen LogP contribution >= 0.6 is 0 Å². The maximum Gasteiger partial charge on any atom is 0.309 e. The Morgan fingerprint density at radius 2 is 1.84 bits per heavy atom. The average molecular weight is 446 g/mol. The van der Waals surface area contributed by atoms with E-state index >= 15 is 0 Å². The summed E-state index contributed by atoms with van der Waals surface area (Å²) in [6.45, 7) is 4.23. The van der Waals surface area contributed by atoms with Crippen molar-refractivity contribution >= 4 is 27.6 Å². The highest BCUT2D eigenvalue weighted by Crippen LogP contribution is 2.24. The van der Waals surface area contributed by atoms with Crippen molar-refractivity contribution in [1.82, 2.24) is 9.29 Å². The summed E-state index contributed by atoms with van der Waals surface area (Å²) in [7, 11) is -3.63. The molecular weight excluding hydrogens is 418 g/mol. The fourth-order valence-corrected chi connectivity index (χ4v) is 4.82. The third-order valence-corrected chi connectivity index (χ3v) is 7.15. The van der Waals surface area contributed by atoms with Gasteiger partial charge in [-0.25, -0.2) is 8.42 Å². The molecule has 8 nitrogen and oxygen atoms in total. The molecule has 1 aromatic carbocycles. The summed E-state index contributed by atoms with van der Waals surface area (Å²) >= 11 is 0. The highest BCUT2D eigenvalue weighted by atomic mass is 32.2. The number of sulfonamides is 1. The first-order valence-corrected chi connectivity index (χ1v) is 11.7. The van der Waals surface area contributed by atoms with Gasteiger partial charge < -0.3 is 10.1 Å². The number of nitrogens with zero attached hydrogens (tertiary/aromatic N) is 2. The third kappa shape index (κ3) is 5.89. The Morgan fingerprint density at radius 1 is 1.16 bits per heavy atom. The second kappa shape index (κ2) is 10.0. The smallest absolute Gasteiger partial charge is 0.309 e. The van der Waals surface area contributed by atoms with Crippen LogP contribution in [0.3, 0.4) is 0 Å². The second-order valence-electron chi connectivity index (χ2n) is 7.80. The van der Waals surface area contributed by atoms with E-state index < -0.39 is 27.8 Å². The number of rotatable bonds is 7. The van der Waals surface area contributed by atoms with Crippen LogP contribution in [0.1, 0.15) is 38.2 Å². The molecule has 1 aromatic heterocycles. The molecule has 1 aliphatic heterocycles. The molecule has 0 radical (unpaired) electrons. The molecule has 0 unspecified atom stereocenters. The van der Waals surface area contributed by atoms with Gasteiger partial charge in [0.25, 0.3) is 5.91 Å². The van der Waals surface area contributed by atoms with Crippen LogP contribution in [0.25, 0.3) is 0 Å². The normalized spacial score (nSPS) is 15.6. The molecule has 0 atom stereocenters. The Bertz CT molecular complexity index is 999. The Labute approximate surface area is 182 Å². The fourth-order valence-electron chi connectivity index (χ4n) is 3.38. The van der Waals surface area contributed by atoms with E-state index in [9.17, 15) is 18.0 Å². The molecule has 1 amide bonds. The standard InChI is InChI=1S/C22H27N3O5S/c1-16(2)17-5-7-19(8-6-17)24-21(26)15-30-22(27)18-9-12-25(13-10-18)31(28,29)20-4-3-11-23-14-20/h3-8,11,14,16,18H,9-10,12-13,15H2,1-2H3,(H,24,26). The molecule has 1 N–H and O–H groups in total. The predicted molar refractivity (Wildman–Crippen MR) is 116 cm³/mol. The number of amides is 1. The van der Waals surface area contributed by atoms with Crippen molar-refractivity contribution in [2.45, 2.75) is 37.5 Å². The number of carbonyl (C=O) groups is 2. The van der Waals surface area contributed by atoms with Gasteiger partial charge in [-0.2, -0.15) is 4.31 Å². The number of ether oxygens (including phenoxy) is 1. The van der Waals surface area contributed by atoms with Crippen LogP contribution in [-0.4, -0.2) is 49.3 Å². The van der Waals surface area contributed by atoms with Crippen molar-refractivity contribution in [3.8, 4) is 0 Å². The highest BCUT2D eigenvalue weighted by Gasteiger charge is 2.33. The van der Waals surface area contributed by atoms with E-state index in [0.717, 1.165) is 0 Å². The van der Waals surface area contributed by atoms with Crippen molar-refractivity contribution in [2.24, 2.45) is 5.92 Å². The number of esters is 1. The van der Waals surface area contributed by atoms with Crippen LogP contribution in [0, 0.1) is 5.92 Å². The predicted octanol–water partition coefficient (Wildman–Crippen LogP) is 2.79. The van der Waals surface area contributed by atoms with E-state index in [1.54, 1.807) is 6.07 Å². The zero-order valence-electron chi connectivity index (χ0n) is 17.7. The molecule has 9 heteroatoms. The topological polar surface area (TPSA) is 106 Å². The van der Waals surface area contributed by atoms with E-state index in [1.807, 2.05) is 24.3 Å². The first-order chi connectivity index (χ1) is 14.8. The maximum absolute atomic E-state index is 12.6. The van der Waals surface area contributed by atoms with E-state index in [0.29, 0.717) is 24.4 Å². The minimum Gasteiger partial charge on any atom is -0.455 e. The zero-order valence-corrected chi connectivity index (χ0v) is 18.5. The molecule has 2 aromatic rings. The molecule has 1 fully saturated rings. The van der Waals surface area contributed by atoms with Gasteiger partial charge in [-0.05, 0) is 48.6 Å². The lowest BCUT2D eigenvalue weighted by Gasteiger charge is -2.29. The third-order valence-electron chi connectivity index (χ3n) is 5.27. The molecule has 1 saturated heterocycles. The Morgan fingerprint density at radius 3 is 2.42 bits per heavy atom. The monoisotopic (exact) mass is 445 g/mol. The van der Waals surface area contributed by atoms with Gasteiger partial charge in [0.2, 0.25) is 10.0 Å². The number of pyridine rings is 1. The molecule has 31 heavy (non-hydrogen) atoms. The molecule has 0 bridgehead atoms. The lowest BCUT2D eigenvalue weighted by molar-refractivity contribution is -0.152. The van der Waals surface area contributed by atoms with Gasteiger partial charge in [-0.3, -0.25) is 14.6 Å². The lowest BCUT2D eigenvalue weighted by atomic mass is 9.98. The Kier molecular flexibility index (Phi) is 7.40. The number of anilines is 1. The van der Waals surface area contributed by atoms with E-state index in [2.05, 4.69) is 24.1 Å². The molecule has 3 rings (SSSR count). The van der Waals surface area contributed by atoms with Crippen LogP contribution in [0.2, 0.25) is 0 Å². The molecule has 0 aliphatic carbocycles. The summed E-state index contributed by atoms with van der Waals surface area (Å²) in [6, 6.07) is 10.6. The van der Waals surface area contributed by atoms with Gasteiger partial charge in [0.15, 0.2) is 6.61 Å². The number of benzene rings is 1. The molecule has 166 valence electrons. The fraction of sp³-hybridized carbons (Fsp3) is 0.409. The van der Waals surface area contributed by atoms with Crippen molar-refractivity contribution in [1.29, 1.82) is 0 Å². The molecule has 0 saturated carbocycles. The summed E-state index contributed by atoms with van der Waals surface area (Å²) in [6.07, 6.45) is 3.51. The van der Waals surface area contributed by atoms with E-state index in [-0.39, 0.29) is 24.6 Å². The van der Waals surface area contributed by atoms with Gasteiger partial charge in [0.05, 0.1) is 5.92 Å². The zero-order chi connectivity index (χ0) is 22.4. The van der Waals surface area contributed by atoms with Gasteiger partial charge in [-0.15, -0.1) is 0 Å². The van der Waals surface area contributed by atoms with Crippen LogP contribution < -0.4 is 5.32 Å². The summed E-state index contributed by atoms with van der Waals surface area (Å²) < 4.78 is 31.8. The number of carbonyl (C=O) groups excluding carboxylic acids is 2. The maximum atomic E-state index is 12.6. The lowest BCUT2D eigenvalue weighted by Crippen LogP contribution is -2.40. The van der Waals surface area contributed by atoms with Gasteiger partial charge in [0, 0.05) is 31.2 Å². The Balaban J connectivity index is 1.45. The van der Waals surface area contributed by atoms with Crippen LogP contribution in [-0.2, 0) is 24.3 Å². The molecular formula is C22H27N3O5S. The minimum absolute atomic E-state index is 0.133. The number of aromatic nitrogens is 1. The first-order valence-electron chi connectivity index (χ1n) is 10.2. The van der Waals surface area contributed by atoms with Crippen molar-refractivity contribution in [2.75, 3.05) is 25.0 Å². The summed E-state index contributed by atoms with van der Waals surface area (Å²) in [5, 5.41) is 2.70. The highest BCUT2D eigenvalue weighted by molar-refractivity contribution is 7.89. The molecule has 1 aliphatic rings. The summed E-state index contributed by atoms with van der Waals surface area (Å²) in [5.41, 5.74) is 1.81. The Hall–Kier alpha value is -2.78. The second-order valence-corrected chi connectivity index (χ2v) is 9.74. The number of hydrogen-bond donors (Lipinski definition) is 1. The summed E-state index contributed by atoms with van der Waals surface area (Å²) in [4.78, 5) is 28.4. The van der Waals surface area contributed by atoms with Crippen molar-refractivity contribution < 1.29 is 22.7 Å². The minimum atomic E-state index is -3.63. The van der Waals surface area contributed by atoms with E-state index in [1.165, 1.54) is 28.3 Å². The number of hydrogen-bond acceptors (Lipinski definition) is 6. The largest absolute Gasteiger partial charge is 0.455 e. The van der Waals surface area contributed by atoms with Crippen LogP contribution in [0.15, 0.2) is 53.7 Å². The quantitative estimate of drug-likeness (QED) is 0.657. The van der Waals surface area contributed by atoms with E-state index in [4.69, 9.17) is 4.74 Å². The van der Waals surface area contributed by atoms with Gasteiger partial charge in [-0.1, -0.05) is 26.0 Å². The van der Waals surface area contributed by atoms with Crippen molar-refractivity contribution in [3.63, 3.8) is 0 Å².